The average Bonchev–Trinajstić information content (AvgIpc) is 2.89. The minimum atomic E-state index is -0.550. The van der Waals surface area contributed by atoms with Gasteiger partial charge in [0.2, 0.25) is 5.91 Å². The molecule has 1 aromatic rings. The van der Waals surface area contributed by atoms with E-state index in [4.69, 9.17) is 5.73 Å². The molecule has 6 nitrogen and oxygen atoms in total. The predicted molar refractivity (Wildman–Crippen MR) is 70.2 cm³/mol. The van der Waals surface area contributed by atoms with Crippen molar-refractivity contribution in [3.8, 4) is 0 Å². The third kappa shape index (κ3) is 2.24. The van der Waals surface area contributed by atoms with Gasteiger partial charge in [-0.1, -0.05) is 11.8 Å². The molecule has 1 aliphatic carbocycles. The summed E-state index contributed by atoms with van der Waals surface area (Å²) in [6.07, 6.45) is 2.49. The second kappa shape index (κ2) is 4.89. The number of rotatable bonds is 4. The number of carbonyl (C=O) groups is 1. The lowest BCUT2D eigenvalue weighted by atomic mass is 9.97. The van der Waals surface area contributed by atoms with Crippen LogP contribution in [0.1, 0.15) is 25.1 Å². The van der Waals surface area contributed by atoms with E-state index in [-0.39, 0.29) is 5.91 Å². The third-order valence-electron chi connectivity index (χ3n) is 3.74. The fourth-order valence-corrected chi connectivity index (χ4v) is 3.59. The molecule has 1 fully saturated rings. The first-order chi connectivity index (χ1) is 8.48. The Kier molecular flexibility index (Phi) is 3.63. The lowest BCUT2D eigenvalue weighted by Crippen LogP contribution is -2.52. The van der Waals surface area contributed by atoms with Gasteiger partial charge in [0.15, 0.2) is 5.16 Å². The van der Waals surface area contributed by atoms with E-state index in [0.29, 0.717) is 5.25 Å². The zero-order valence-electron chi connectivity index (χ0n) is 10.9. The Morgan fingerprint density at radius 3 is 2.78 bits per heavy atom. The van der Waals surface area contributed by atoms with Gasteiger partial charge in [-0.15, -0.1) is 10.2 Å². The van der Waals surface area contributed by atoms with Gasteiger partial charge in [0.1, 0.15) is 5.82 Å². The summed E-state index contributed by atoms with van der Waals surface area (Å²) >= 11 is 1.68. The van der Waals surface area contributed by atoms with Crippen LogP contribution in [-0.2, 0) is 11.8 Å². The van der Waals surface area contributed by atoms with Crippen LogP contribution in [0.4, 0.5) is 0 Å². The lowest BCUT2D eigenvalue weighted by molar-refractivity contribution is -0.124. The summed E-state index contributed by atoms with van der Waals surface area (Å²) in [6, 6.07) is 0. The van der Waals surface area contributed by atoms with Gasteiger partial charge in [0.05, 0.1) is 5.54 Å². The van der Waals surface area contributed by atoms with Gasteiger partial charge in [-0.05, 0) is 33.2 Å². The quantitative estimate of drug-likeness (QED) is 0.816. The highest BCUT2D eigenvalue weighted by atomic mass is 32.2. The van der Waals surface area contributed by atoms with Gasteiger partial charge in [0, 0.05) is 12.3 Å². The molecule has 0 radical (unpaired) electrons. The zero-order chi connectivity index (χ0) is 13.3. The molecule has 1 aromatic heterocycles. The van der Waals surface area contributed by atoms with Crippen LogP contribution in [0, 0.1) is 6.92 Å². The largest absolute Gasteiger partial charge is 0.368 e. The van der Waals surface area contributed by atoms with E-state index in [9.17, 15) is 4.79 Å². The molecule has 1 amide bonds. The van der Waals surface area contributed by atoms with Crippen LogP contribution < -0.4 is 11.1 Å². The highest BCUT2D eigenvalue weighted by Gasteiger charge is 2.43. The summed E-state index contributed by atoms with van der Waals surface area (Å²) in [7, 11) is 3.75. The smallest absolute Gasteiger partial charge is 0.237 e. The number of hydrogen-bond donors (Lipinski definition) is 2. The van der Waals surface area contributed by atoms with Crippen molar-refractivity contribution in [1.82, 2.24) is 20.1 Å². The van der Waals surface area contributed by atoms with Crippen LogP contribution in [0.5, 0.6) is 0 Å². The number of likely N-dealkylation sites (N-methyl/N-ethyl adjacent to an activating group) is 1. The van der Waals surface area contributed by atoms with E-state index in [1.54, 1.807) is 18.8 Å². The Labute approximate surface area is 111 Å². The van der Waals surface area contributed by atoms with Gasteiger partial charge in [-0.3, -0.25) is 4.79 Å². The number of aromatic nitrogens is 3. The first-order valence-electron chi connectivity index (χ1n) is 6.00. The van der Waals surface area contributed by atoms with Crippen molar-refractivity contribution in [2.45, 2.75) is 42.1 Å². The molecule has 100 valence electrons. The molecule has 0 bridgehead atoms. The average molecular weight is 269 g/mol. The molecular formula is C11H19N5OS. The van der Waals surface area contributed by atoms with E-state index in [0.717, 1.165) is 30.2 Å². The van der Waals surface area contributed by atoms with Crippen molar-refractivity contribution in [1.29, 1.82) is 0 Å². The maximum atomic E-state index is 11.5. The molecule has 0 aliphatic heterocycles. The molecule has 3 N–H and O–H groups in total. The highest BCUT2D eigenvalue weighted by molar-refractivity contribution is 7.99. The van der Waals surface area contributed by atoms with Gasteiger partial charge >= 0.3 is 0 Å². The van der Waals surface area contributed by atoms with Crippen LogP contribution in [0.2, 0.25) is 0 Å². The minimum Gasteiger partial charge on any atom is -0.368 e. The van der Waals surface area contributed by atoms with Crippen molar-refractivity contribution >= 4 is 17.7 Å². The fourth-order valence-electron chi connectivity index (χ4n) is 2.31. The monoisotopic (exact) mass is 269 g/mol. The summed E-state index contributed by atoms with van der Waals surface area (Å²) in [6.45, 7) is 1.92. The predicted octanol–water partition coefficient (Wildman–Crippen LogP) is 0.212. The second-order valence-corrected chi connectivity index (χ2v) is 6.04. The normalized spacial score (nSPS) is 27.6. The molecule has 1 saturated carbocycles. The summed E-state index contributed by atoms with van der Waals surface area (Å²) in [4.78, 5) is 11.5. The topological polar surface area (TPSA) is 85.8 Å². The first kappa shape index (κ1) is 13.4. The van der Waals surface area contributed by atoms with Gasteiger partial charge in [0.25, 0.3) is 0 Å². The molecule has 1 heterocycles. The number of nitrogens with two attached hydrogens (primary N) is 1. The van der Waals surface area contributed by atoms with E-state index in [1.807, 2.05) is 18.5 Å². The zero-order valence-corrected chi connectivity index (χ0v) is 11.8. The van der Waals surface area contributed by atoms with Crippen LogP contribution in [0.25, 0.3) is 0 Å². The molecule has 7 heteroatoms. The van der Waals surface area contributed by atoms with Gasteiger partial charge < -0.3 is 15.6 Å². The van der Waals surface area contributed by atoms with Crippen molar-refractivity contribution < 1.29 is 4.79 Å². The fraction of sp³-hybridized carbons (Fsp3) is 0.727. The number of primary amides is 1. The molecule has 2 unspecified atom stereocenters. The van der Waals surface area contributed by atoms with Crippen molar-refractivity contribution in [2.24, 2.45) is 12.8 Å². The van der Waals surface area contributed by atoms with Gasteiger partial charge in [-0.2, -0.15) is 0 Å². The van der Waals surface area contributed by atoms with Crippen molar-refractivity contribution in [3.05, 3.63) is 5.82 Å². The first-order valence-corrected chi connectivity index (χ1v) is 6.88. The van der Waals surface area contributed by atoms with Crippen LogP contribution in [-0.4, -0.2) is 38.5 Å². The SMILES string of the molecule is CNC1(C(N)=O)CCC(Sc2nnc(C)n2C)C1. The van der Waals surface area contributed by atoms with Crippen LogP contribution in [0.3, 0.4) is 0 Å². The molecule has 0 aromatic carbocycles. The van der Waals surface area contributed by atoms with E-state index in [1.165, 1.54) is 0 Å². The number of amides is 1. The van der Waals surface area contributed by atoms with E-state index < -0.39 is 5.54 Å². The Morgan fingerprint density at radius 2 is 2.33 bits per heavy atom. The second-order valence-electron chi connectivity index (χ2n) is 4.77. The van der Waals surface area contributed by atoms with Crippen LogP contribution >= 0.6 is 11.8 Å². The van der Waals surface area contributed by atoms with E-state index >= 15 is 0 Å². The Balaban J connectivity index is 2.06. The molecule has 2 atom stereocenters. The number of nitrogens with one attached hydrogen (secondary N) is 1. The standard InChI is InChI=1S/C11H19N5OS/c1-7-14-15-10(16(7)3)18-8-4-5-11(6-8,13-2)9(12)17/h8,13H,4-6H2,1-3H3,(H2,12,17). The van der Waals surface area contributed by atoms with E-state index in [2.05, 4.69) is 15.5 Å². The maximum Gasteiger partial charge on any atom is 0.237 e. The Bertz CT molecular complexity index is 460. The van der Waals surface area contributed by atoms with Gasteiger partial charge in [-0.25, -0.2) is 0 Å². The Hall–Kier alpha value is -1.08. The Morgan fingerprint density at radius 1 is 1.61 bits per heavy atom. The third-order valence-corrected chi connectivity index (χ3v) is 5.05. The van der Waals surface area contributed by atoms with Crippen molar-refractivity contribution in [2.75, 3.05) is 7.05 Å². The molecular weight excluding hydrogens is 250 g/mol. The maximum absolute atomic E-state index is 11.5. The molecule has 0 saturated heterocycles. The highest BCUT2D eigenvalue weighted by Crippen LogP contribution is 2.39. The number of nitrogens with zero attached hydrogens (tertiary/aromatic N) is 3. The number of thioether (sulfide) groups is 1. The van der Waals surface area contributed by atoms with Crippen LogP contribution in [0.15, 0.2) is 5.16 Å². The minimum absolute atomic E-state index is 0.262. The number of aryl methyl sites for hydroxylation is 1. The summed E-state index contributed by atoms with van der Waals surface area (Å²) in [5, 5.41) is 12.5. The molecule has 1 aliphatic rings. The molecule has 2 rings (SSSR count). The molecule has 18 heavy (non-hydrogen) atoms. The van der Waals surface area contributed by atoms with Crippen molar-refractivity contribution in [3.63, 3.8) is 0 Å². The number of hydrogen-bond acceptors (Lipinski definition) is 5. The summed E-state index contributed by atoms with van der Waals surface area (Å²) < 4.78 is 1.97. The lowest BCUT2D eigenvalue weighted by Gasteiger charge is -2.24. The summed E-state index contributed by atoms with van der Waals surface area (Å²) in [5.41, 5.74) is 4.94. The summed E-state index contributed by atoms with van der Waals surface area (Å²) in [5.74, 6) is 0.632. The molecule has 0 spiro atoms. The number of carbonyl (C=O) groups excluding carboxylic acids is 1.